The maximum Gasteiger partial charge on any atom is 0.303 e. The lowest BCUT2D eigenvalue weighted by molar-refractivity contribution is -0.137. The van der Waals surface area contributed by atoms with Gasteiger partial charge in [0.2, 0.25) is 5.91 Å². The van der Waals surface area contributed by atoms with Crippen molar-refractivity contribution in [1.29, 1.82) is 0 Å². The van der Waals surface area contributed by atoms with Crippen molar-refractivity contribution in [3.8, 4) is 0 Å². The monoisotopic (exact) mass is 289 g/mol. The van der Waals surface area contributed by atoms with Crippen LogP contribution in [0.25, 0.3) is 0 Å². The molecule has 1 fully saturated rings. The number of carboxylic acid groups (broad SMARTS) is 1. The lowest BCUT2D eigenvalue weighted by atomic mass is 9.81. The first-order chi connectivity index (χ1) is 9.88. The molecule has 0 bridgehead atoms. The predicted molar refractivity (Wildman–Crippen MR) is 82.2 cm³/mol. The lowest BCUT2D eigenvalue weighted by Crippen LogP contribution is -2.30. The van der Waals surface area contributed by atoms with Gasteiger partial charge < -0.3 is 10.4 Å². The maximum absolute atomic E-state index is 12.3. The first kappa shape index (κ1) is 15.5. The van der Waals surface area contributed by atoms with Crippen molar-refractivity contribution in [3.05, 3.63) is 29.8 Å². The van der Waals surface area contributed by atoms with Crippen LogP contribution in [0.4, 0.5) is 5.69 Å². The summed E-state index contributed by atoms with van der Waals surface area (Å²) in [5.41, 5.74) is 1.82. The summed E-state index contributed by atoms with van der Waals surface area (Å²) in [7, 11) is 0. The van der Waals surface area contributed by atoms with E-state index in [1.807, 2.05) is 24.3 Å². The predicted octanol–water partition coefficient (Wildman–Crippen LogP) is 3.47. The van der Waals surface area contributed by atoms with Crippen LogP contribution < -0.4 is 5.32 Å². The van der Waals surface area contributed by atoms with E-state index in [2.05, 4.69) is 19.2 Å². The SMILES string of the molecule is CC1(C)CCCC1C(=O)Nc1ccc(CCC(=O)O)cc1. The molecule has 1 aromatic carbocycles. The summed E-state index contributed by atoms with van der Waals surface area (Å²) in [5.74, 6) is -0.629. The molecule has 1 aliphatic carbocycles. The molecule has 21 heavy (non-hydrogen) atoms. The molecule has 1 atom stereocenters. The normalized spacial score (nSPS) is 20.2. The van der Waals surface area contributed by atoms with E-state index in [-0.39, 0.29) is 23.7 Å². The molecule has 1 saturated carbocycles. The fourth-order valence-corrected chi connectivity index (χ4v) is 3.05. The third kappa shape index (κ3) is 4.06. The number of hydrogen-bond acceptors (Lipinski definition) is 2. The third-order valence-electron chi connectivity index (χ3n) is 4.42. The van der Waals surface area contributed by atoms with Gasteiger partial charge >= 0.3 is 5.97 Å². The van der Waals surface area contributed by atoms with Crippen molar-refractivity contribution in [3.63, 3.8) is 0 Å². The van der Waals surface area contributed by atoms with Crippen molar-refractivity contribution < 1.29 is 14.7 Å². The molecule has 4 heteroatoms. The Morgan fingerprint density at radius 3 is 2.48 bits per heavy atom. The number of hydrogen-bond donors (Lipinski definition) is 2. The average molecular weight is 289 g/mol. The van der Waals surface area contributed by atoms with Crippen LogP contribution in [0.5, 0.6) is 0 Å². The molecule has 1 aliphatic rings. The third-order valence-corrected chi connectivity index (χ3v) is 4.42. The second kappa shape index (κ2) is 6.29. The van der Waals surface area contributed by atoms with Gasteiger partial charge in [0.05, 0.1) is 0 Å². The molecule has 0 aliphatic heterocycles. The molecule has 114 valence electrons. The largest absolute Gasteiger partial charge is 0.481 e. The van der Waals surface area contributed by atoms with Crippen LogP contribution in [0.3, 0.4) is 0 Å². The van der Waals surface area contributed by atoms with E-state index >= 15 is 0 Å². The Bertz CT molecular complexity index is 519. The minimum Gasteiger partial charge on any atom is -0.481 e. The number of nitrogens with one attached hydrogen (secondary N) is 1. The number of aryl methyl sites for hydroxylation is 1. The lowest BCUT2D eigenvalue weighted by Gasteiger charge is -2.25. The molecular formula is C17H23NO3. The zero-order valence-electron chi connectivity index (χ0n) is 12.7. The number of rotatable bonds is 5. The van der Waals surface area contributed by atoms with Gasteiger partial charge in [-0.15, -0.1) is 0 Å². The number of carboxylic acids is 1. The molecule has 1 amide bonds. The van der Waals surface area contributed by atoms with E-state index < -0.39 is 5.97 Å². The van der Waals surface area contributed by atoms with Crippen molar-refractivity contribution >= 4 is 17.6 Å². The van der Waals surface area contributed by atoms with Gasteiger partial charge in [0.1, 0.15) is 0 Å². The highest BCUT2D eigenvalue weighted by molar-refractivity contribution is 5.93. The highest BCUT2D eigenvalue weighted by Gasteiger charge is 2.39. The molecule has 2 N–H and O–H groups in total. The summed E-state index contributed by atoms with van der Waals surface area (Å²) in [5, 5.41) is 11.6. The van der Waals surface area contributed by atoms with Crippen LogP contribution in [0.1, 0.15) is 45.1 Å². The first-order valence-electron chi connectivity index (χ1n) is 7.50. The van der Waals surface area contributed by atoms with E-state index in [1.165, 1.54) is 0 Å². The first-order valence-corrected chi connectivity index (χ1v) is 7.50. The van der Waals surface area contributed by atoms with Crippen molar-refractivity contribution in [2.45, 2.75) is 46.0 Å². The highest BCUT2D eigenvalue weighted by Crippen LogP contribution is 2.43. The number of carbonyl (C=O) groups excluding carboxylic acids is 1. The van der Waals surface area contributed by atoms with Crippen LogP contribution in [-0.2, 0) is 16.0 Å². The molecule has 0 saturated heterocycles. The van der Waals surface area contributed by atoms with Gasteiger partial charge in [-0.3, -0.25) is 9.59 Å². The van der Waals surface area contributed by atoms with Gasteiger partial charge in [-0.1, -0.05) is 32.4 Å². The van der Waals surface area contributed by atoms with E-state index in [1.54, 1.807) is 0 Å². The van der Waals surface area contributed by atoms with Gasteiger partial charge in [-0.05, 0) is 42.4 Å². The second-order valence-electron chi connectivity index (χ2n) is 6.51. The van der Waals surface area contributed by atoms with Crippen molar-refractivity contribution in [2.75, 3.05) is 5.32 Å². The summed E-state index contributed by atoms with van der Waals surface area (Å²) in [6, 6.07) is 7.44. The van der Waals surface area contributed by atoms with Gasteiger partial charge in [0.15, 0.2) is 0 Å². The second-order valence-corrected chi connectivity index (χ2v) is 6.51. The van der Waals surface area contributed by atoms with Crippen LogP contribution in [0.15, 0.2) is 24.3 Å². The van der Waals surface area contributed by atoms with E-state index in [0.29, 0.717) is 6.42 Å². The van der Waals surface area contributed by atoms with Crippen LogP contribution in [0, 0.1) is 11.3 Å². The number of carbonyl (C=O) groups is 2. The summed E-state index contributed by atoms with van der Waals surface area (Å²) in [6.45, 7) is 4.30. The Morgan fingerprint density at radius 2 is 1.95 bits per heavy atom. The molecule has 0 aromatic heterocycles. The Balaban J connectivity index is 1.94. The molecule has 2 rings (SSSR count). The van der Waals surface area contributed by atoms with E-state index in [4.69, 9.17) is 5.11 Å². The van der Waals surface area contributed by atoms with E-state index in [0.717, 1.165) is 30.5 Å². The zero-order chi connectivity index (χ0) is 15.5. The van der Waals surface area contributed by atoms with Gasteiger partial charge in [-0.25, -0.2) is 0 Å². The minimum absolute atomic E-state index is 0.0733. The summed E-state index contributed by atoms with van der Waals surface area (Å²) >= 11 is 0. The van der Waals surface area contributed by atoms with Crippen LogP contribution in [0.2, 0.25) is 0 Å². The highest BCUT2D eigenvalue weighted by atomic mass is 16.4. The summed E-state index contributed by atoms with van der Waals surface area (Å²) < 4.78 is 0. The molecule has 0 radical (unpaired) electrons. The fourth-order valence-electron chi connectivity index (χ4n) is 3.05. The Labute approximate surface area is 125 Å². The topological polar surface area (TPSA) is 66.4 Å². The average Bonchev–Trinajstić information content (AvgIpc) is 2.77. The van der Waals surface area contributed by atoms with Gasteiger partial charge in [0.25, 0.3) is 0 Å². The number of amides is 1. The van der Waals surface area contributed by atoms with Gasteiger partial charge in [-0.2, -0.15) is 0 Å². The molecular weight excluding hydrogens is 266 g/mol. The standard InChI is InChI=1S/C17H23NO3/c1-17(2)11-3-4-14(17)16(21)18-13-8-5-12(6-9-13)7-10-15(19)20/h5-6,8-9,14H,3-4,7,10-11H2,1-2H3,(H,18,21)(H,19,20). The number of anilines is 1. The Hall–Kier alpha value is -1.84. The minimum atomic E-state index is -0.796. The molecule has 0 heterocycles. The molecule has 0 spiro atoms. The zero-order valence-corrected chi connectivity index (χ0v) is 12.7. The molecule has 1 aromatic rings. The Kier molecular flexibility index (Phi) is 4.66. The molecule has 1 unspecified atom stereocenters. The quantitative estimate of drug-likeness (QED) is 0.872. The Morgan fingerprint density at radius 1 is 1.29 bits per heavy atom. The van der Waals surface area contributed by atoms with Gasteiger partial charge in [0, 0.05) is 18.0 Å². The molecule has 4 nitrogen and oxygen atoms in total. The number of aliphatic carboxylic acids is 1. The van der Waals surface area contributed by atoms with Crippen molar-refractivity contribution in [2.24, 2.45) is 11.3 Å². The summed E-state index contributed by atoms with van der Waals surface area (Å²) in [6.07, 6.45) is 3.80. The summed E-state index contributed by atoms with van der Waals surface area (Å²) in [4.78, 5) is 22.9. The smallest absolute Gasteiger partial charge is 0.303 e. The number of benzene rings is 1. The maximum atomic E-state index is 12.3. The van der Waals surface area contributed by atoms with Crippen LogP contribution in [-0.4, -0.2) is 17.0 Å². The fraction of sp³-hybridized carbons (Fsp3) is 0.529. The van der Waals surface area contributed by atoms with E-state index in [9.17, 15) is 9.59 Å². The van der Waals surface area contributed by atoms with Crippen molar-refractivity contribution in [1.82, 2.24) is 0 Å². The van der Waals surface area contributed by atoms with Crippen LogP contribution >= 0.6 is 0 Å².